The van der Waals surface area contributed by atoms with Gasteiger partial charge in [0.05, 0.1) is 10.5 Å². The predicted octanol–water partition coefficient (Wildman–Crippen LogP) is 1.47. The Labute approximate surface area is 121 Å². The van der Waals surface area contributed by atoms with Crippen LogP contribution < -0.4 is 5.32 Å². The maximum atomic E-state index is 11.9. The number of amides is 1. The first-order valence-electron chi connectivity index (χ1n) is 6.38. The van der Waals surface area contributed by atoms with E-state index in [4.69, 9.17) is 11.6 Å². The highest BCUT2D eigenvalue weighted by Gasteiger charge is 2.17. The average molecular weight is 299 g/mol. The summed E-state index contributed by atoms with van der Waals surface area (Å²) in [6, 6.07) is 1.14. The highest BCUT2D eigenvalue weighted by atomic mass is 35.5. The lowest BCUT2D eigenvalue weighted by Gasteiger charge is -2.14. The second-order valence-electron chi connectivity index (χ2n) is 4.59. The van der Waals surface area contributed by atoms with Gasteiger partial charge in [-0.3, -0.25) is 14.9 Å². The van der Waals surface area contributed by atoms with Crippen LogP contribution in [-0.4, -0.2) is 46.9 Å². The first kappa shape index (κ1) is 14.7. The molecule has 1 N–H and O–H groups in total. The third kappa shape index (κ3) is 3.64. The third-order valence-corrected chi connectivity index (χ3v) is 3.49. The minimum absolute atomic E-state index is 0.0299. The van der Waals surface area contributed by atoms with Gasteiger partial charge in [0.15, 0.2) is 0 Å². The van der Waals surface area contributed by atoms with Gasteiger partial charge in [0, 0.05) is 19.2 Å². The number of rotatable bonds is 5. The molecule has 7 nitrogen and oxygen atoms in total. The Morgan fingerprint density at radius 1 is 1.50 bits per heavy atom. The molecule has 8 heteroatoms. The van der Waals surface area contributed by atoms with Gasteiger partial charge < -0.3 is 10.2 Å². The molecule has 0 saturated carbocycles. The zero-order valence-electron chi connectivity index (χ0n) is 10.8. The molecule has 0 spiro atoms. The summed E-state index contributed by atoms with van der Waals surface area (Å²) in [5.74, 6) is -0.439. The van der Waals surface area contributed by atoms with Gasteiger partial charge in [-0.1, -0.05) is 11.6 Å². The van der Waals surface area contributed by atoms with Gasteiger partial charge in [0.2, 0.25) is 0 Å². The number of pyridine rings is 1. The maximum absolute atomic E-state index is 11.9. The molecule has 1 aliphatic heterocycles. The van der Waals surface area contributed by atoms with Crippen molar-refractivity contribution in [3.8, 4) is 0 Å². The zero-order chi connectivity index (χ0) is 14.5. The normalized spacial score (nSPS) is 15.2. The predicted molar refractivity (Wildman–Crippen MR) is 73.9 cm³/mol. The summed E-state index contributed by atoms with van der Waals surface area (Å²) in [6.45, 7) is 3.35. The first-order valence-corrected chi connectivity index (χ1v) is 6.76. The van der Waals surface area contributed by atoms with Gasteiger partial charge in [-0.15, -0.1) is 0 Å². The smallest absolute Gasteiger partial charge is 0.288 e. The second kappa shape index (κ2) is 6.62. The lowest BCUT2D eigenvalue weighted by atomic mass is 10.2. The fourth-order valence-corrected chi connectivity index (χ4v) is 2.31. The van der Waals surface area contributed by atoms with E-state index in [0.717, 1.165) is 31.9 Å². The van der Waals surface area contributed by atoms with Crippen LogP contribution in [0.4, 0.5) is 5.69 Å². The number of hydrogen-bond acceptors (Lipinski definition) is 5. The molecule has 0 atom stereocenters. The van der Waals surface area contributed by atoms with E-state index in [2.05, 4.69) is 15.2 Å². The highest BCUT2D eigenvalue weighted by molar-refractivity contribution is 6.32. The molecule has 0 radical (unpaired) electrons. The molecule has 1 fully saturated rings. The Bertz CT molecular complexity index is 517. The van der Waals surface area contributed by atoms with Crippen molar-refractivity contribution in [2.75, 3.05) is 26.2 Å². The fourth-order valence-electron chi connectivity index (χ4n) is 2.13. The Hall–Kier alpha value is -1.73. The Morgan fingerprint density at radius 3 is 2.85 bits per heavy atom. The quantitative estimate of drug-likeness (QED) is 0.505. The molecule has 2 rings (SSSR count). The summed E-state index contributed by atoms with van der Waals surface area (Å²) >= 11 is 5.80. The molecule has 2 heterocycles. The molecule has 0 bridgehead atoms. The third-order valence-electron chi connectivity index (χ3n) is 3.19. The summed E-state index contributed by atoms with van der Waals surface area (Å²) < 4.78 is 0. The van der Waals surface area contributed by atoms with Gasteiger partial charge in [-0.25, -0.2) is 4.98 Å². The van der Waals surface area contributed by atoms with Crippen molar-refractivity contribution in [2.24, 2.45) is 0 Å². The number of hydrogen-bond donors (Lipinski definition) is 1. The van der Waals surface area contributed by atoms with E-state index >= 15 is 0 Å². The number of nitrogens with one attached hydrogen (secondary N) is 1. The zero-order valence-corrected chi connectivity index (χ0v) is 11.6. The maximum Gasteiger partial charge on any atom is 0.288 e. The molecule has 1 amide bonds. The van der Waals surface area contributed by atoms with Gasteiger partial charge in [-0.2, -0.15) is 0 Å². The van der Waals surface area contributed by atoms with Crippen LogP contribution in [0.25, 0.3) is 0 Å². The van der Waals surface area contributed by atoms with E-state index in [-0.39, 0.29) is 16.4 Å². The van der Waals surface area contributed by atoms with Gasteiger partial charge in [-0.05, 0) is 25.9 Å². The molecule has 108 valence electrons. The van der Waals surface area contributed by atoms with E-state index < -0.39 is 10.8 Å². The van der Waals surface area contributed by atoms with Crippen LogP contribution in [0.1, 0.15) is 23.2 Å². The fraction of sp³-hybridized carbons (Fsp3) is 0.500. The van der Waals surface area contributed by atoms with Gasteiger partial charge in [0.1, 0.15) is 11.3 Å². The number of halogens is 1. The van der Waals surface area contributed by atoms with Crippen LogP contribution in [0, 0.1) is 10.1 Å². The molecule has 1 aromatic rings. The molecule has 1 aliphatic rings. The summed E-state index contributed by atoms with van der Waals surface area (Å²) in [6.07, 6.45) is 3.41. The minimum atomic E-state index is -0.607. The lowest BCUT2D eigenvalue weighted by molar-refractivity contribution is -0.385. The van der Waals surface area contributed by atoms with Crippen molar-refractivity contribution < 1.29 is 9.72 Å². The molecular weight excluding hydrogens is 284 g/mol. The molecule has 0 unspecified atom stereocenters. The number of nitro groups is 1. The number of nitrogens with zero attached hydrogens (tertiary/aromatic N) is 3. The second-order valence-corrected chi connectivity index (χ2v) is 4.95. The number of likely N-dealkylation sites (tertiary alicyclic amines) is 1. The first-order chi connectivity index (χ1) is 9.58. The largest absolute Gasteiger partial charge is 0.351 e. The van der Waals surface area contributed by atoms with Crippen LogP contribution in [0.15, 0.2) is 12.3 Å². The van der Waals surface area contributed by atoms with Gasteiger partial charge in [0.25, 0.3) is 11.6 Å². The SMILES string of the molecule is O=C(NCCN1CCCC1)c1cc([N+](=O)[O-])cnc1Cl. The minimum Gasteiger partial charge on any atom is -0.351 e. The van der Waals surface area contributed by atoms with Crippen molar-refractivity contribution in [1.82, 2.24) is 15.2 Å². The van der Waals surface area contributed by atoms with Crippen molar-refractivity contribution in [3.05, 3.63) is 33.1 Å². The summed E-state index contributed by atoms with van der Waals surface area (Å²) in [4.78, 5) is 27.9. The van der Waals surface area contributed by atoms with Crippen molar-refractivity contribution >= 4 is 23.2 Å². The van der Waals surface area contributed by atoms with Crippen LogP contribution in [0.3, 0.4) is 0 Å². The Balaban J connectivity index is 1.94. The molecule has 0 aromatic carbocycles. The van der Waals surface area contributed by atoms with Crippen LogP contribution in [0.2, 0.25) is 5.15 Å². The molecule has 0 aliphatic carbocycles. The molecular formula is C12H15ClN4O3. The van der Waals surface area contributed by atoms with E-state index in [0.29, 0.717) is 6.54 Å². The Kier molecular flexibility index (Phi) is 4.86. The lowest BCUT2D eigenvalue weighted by Crippen LogP contribution is -2.33. The van der Waals surface area contributed by atoms with Crippen molar-refractivity contribution in [3.63, 3.8) is 0 Å². The van der Waals surface area contributed by atoms with Crippen LogP contribution in [0.5, 0.6) is 0 Å². The Morgan fingerprint density at radius 2 is 2.20 bits per heavy atom. The highest BCUT2D eigenvalue weighted by Crippen LogP contribution is 2.18. The molecule has 1 aromatic heterocycles. The summed E-state index contributed by atoms with van der Waals surface area (Å²) in [7, 11) is 0. The number of aromatic nitrogens is 1. The van der Waals surface area contributed by atoms with E-state index in [9.17, 15) is 14.9 Å². The standard InChI is InChI=1S/C12H15ClN4O3/c13-11-10(7-9(8-15-11)17(19)20)12(18)14-3-6-16-4-1-2-5-16/h7-8H,1-6H2,(H,14,18). The van der Waals surface area contributed by atoms with E-state index in [1.54, 1.807) is 0 Å². The van der Waals surface area contributed by atoms with Crippen LogP contribution >= 0.6 is 11.6 Å². The topological polar surface area (TPSA) is 88.4 Å². The number of carbonyl (C=O) groups is 1. The number of carbonyl (C=O) groups excluding carboxylic acids is 1. The summed E-state index contributed by atoms with van der Waals surface area (Å²) in [5.41, 5.74) is -0.221. The van der Waals surface area contributed by atoms with Crippen LogP contribution in [-0.2, 0) is 0 Å². The molecule has 20 heavy (non-hydrogen) atoms. The molecule has 1 saturated heterocycles. The average Bonchev–Trinajstić information content (AvgIpc) is 2.92. The van der Waals surface area contributed by atoms with Crippen molar-refractivity contribution in [1.29, 1.82) is 0 Å². The van der Waals surface area contributed by atoms with Crippen molar-refractivity contribution in [2.45, 2.75) is 12.8 Å². The monoisotopic (exact) mass is 298 g/mol. The van der Waals surface area contributed by atoms with E-state index in [1.165, 1.54) is 12.8 Å². The van der Waals surface area contributed by atoms with Gasteiger partial charge >= 0.3 is 0 Å². The summed E-state index contributed by atoms with van der Waals surface area (Å²) in [5, 5.41) is 13.3. The van der Waals surface area contributed by atoms with E-state index in [1.807, 2.05) is 0 Å².